The largest absolute Gasteiger partial charge is 0.326 e. The van der Waals surface area contributed by atoms with Crippen molar-refractivity contribution in [2.75, 3.05) is 23.9 Å². The van der Waals surface area contributed by atoms with Crippen LogP contribution in [0, 0.1) is 0 Å². The Kier molecular flexibility index (Phi) is 5.26. The third-order valence-corrected chi connectivity index (χ3v) is 4.47. The Bertz CT molecular complexity index is 676. The Balaban J connectivity index is 2.75. The third-order valence-electron chi connectivity index (χ3n) is 2.18. The van der Waals surface area contributed by atoms with Gasteiger partial charge in [-0.3, -0.25) is 8.98 Å². The fourth-order valence-corrected chi connectivity index (χ4v) is 2.94. The topological polar surface area (TPSA) is 107 Å². The third kappa shape index (κ3) is 5.68. The van der Waals surface area contributed by atoms with E-state index in [1.54, 1.807) is 0 Å². The second-order valence-corrected chi connectivity index (χ2v) is 7.80. The number of hydrogen-bond donors (Lipinski definition) is 1. The Labute approximate surface area is 118 Å². The molecule has 0 aliphatic rings. The van der Waals surface area contributed by atoms with E-state index in [1.807, 2.05) is 0 Å². The second kappa shape index (κ2) is 6.33. The van der Waals surface area contributed by atoms with Crippen molar-refractivity contribution < 1.29 is 25.8 Å². The number of benzene rings is 1. The SMILES string of the molecule is CC(=O)Nc1ccc(S(=O)(=O)CCOS(C)(=O)=O)cc1. The first-order valence-electron chi connectivity index (χ1n) is 5.55. The van der Waals surface area contributed by atoms with E-state index in [1.165, 1.54) is 31.2 Å². The van der Waals surface area contributed by atoms with E-state index in [4.69, 9.17) is 0 Å². The summed E-state index contributed by atoms with van der Waals surface area (Å²) in [7, 11) is -7.29. The van der Waals surface area contributed by atoms with Crippen molar-refractivity contribution in [2.24, 2.45) is 0 Å². The summed E-state index contributed by atoms with van der Waals surface area (Å²) >= 11 is 0. The summed E-state index contributed by atoms with van der Waals surface area (Å²) in [5, 5.41) is 2.51. The van der Waals surface area contributed by atoms with Gasteiger partial charge in [-0.25, -0.2) is 8.42 Å². The standard InChI is InChI=1S/C11H15NO6S2/c1-9(13)12-10-3-5-11(6-4-10)20(16,17)8-7-18-19(2,14)15/h3-6H,7-8H2,1-2H3,(H,12,13). The molecule has 0 spiro atoms. The molecule has 112 valence electrons. The lowest BCUT2D eigenvalue weighted by atomic mass is 10.3. The van der Waals surface area contributed by atoms with E-state index in [0.29, 0.717) is 5.69 Å². The first-order chi connectivity index (χ1) is 9.10. The maximum absolute atomic E-state index is 11.9. The molecule has 1 aromatic carbocycles. The first-order valence-corrected chi connectivity index (χ1v) is 9.02. The molecule has 0 atom stereocenters. The maximum atomic E-state index is 11.9. The summed E-state index contributed by atoms with van der Waals surface area (Å²) in [6.45, 7) is 0.905. The van der Waals surface area contributed by atoms with Crippen molar-refractivity contribution in [2.45, 2.75) is 11.8 Å². The molecule has 0 heterocycles. The monoisotopic (exact) mass is 321 g/mol. The molecule has 9 heteroatoms. The van der Waals surface area contributed by atoms with E-state index in [2.05, 4.69) is 9.50 Å². The number of sulfone groups is 1. The van der Waals surface area contributed by atoms with Crippen LogP contribution >= 0.6 is 0 Å². The highest BCUT2D eigenvalue weighted by atomic mass is 32.2. The Morgan fingerprint density at radius 3 is 2.15 bits per heavy atom. The zero-order valence-electron chi connectivity index (χ0n) is 11.0. The van der Waals surface area contributed by atoms with E-state index in [9.17, 15) is 21.6 Å². The molecule has 0 fully saturated rings. The smallest absolute Gasteiger partial charge is 0.264 e. The van der Waals surface area contributed by atoms with Crippen LogP contribution in [-0.4, -0.2) is 41.4 Å². The molecule has 20 heavy (non-hydrogen) atoms. The van der Waals surface area contributed by atoms with Gasteiger partial charge in [-0.15, -0.1) is 0 Å². The van der Waals surface area contributed by atoms with Crippen molar-refractivity contribution in [3.05, 3.63) is 24.3 Å². The lowest BCUT2D eigenvalue weighted by molar-refractivity contribution is -0.114. The highest BCUT2D eigenvalue weighted by Gasteiger charge is 2.15. The van der Waals surface area contributed by atoms with Crippen LogP contribution in [0.2, 0.25) is 0 Å². The highest BCUT2D eigenvalue weighted by molar-refractivity contribution is 7.91. The molecule has 7 nitrogen and oxygen atoms in total. The molecule has 1 amide bonds. The Hall–Kier alpha value is -1.45. The normalized spacial score (nSPS) is 12.1. The van der Waals surface area contributed by atoms with Gasteiger partial charge >= 0.3 is 0 Å². The number of carbonyl (C=O) groups is 1. The zero-order valence-corrected chi connectivity index (χ0v) is 12.6. The second-order valence-electron chi connectivity index (χ2n) is 4.05. The number of hydrogen-bond acceptors (Lipinski definition) is 6. The van der Waals surface area contributed by atoms with Gasteiger partial charge in [0, 0.05) is 12.6 Å². The summed E-state index contributed by atoms with van der Waals surface area (Å²) in [5.74, 6) is -0.707. The van der Waals surface area contributed by atoms with E-state index in [-0.39, 0.29) is 10.8 Å². The predicted octanol–water partition coefficient (Wildman–Crippen LogP) is 0.395. The Morgan fingerprint density at radius 1 is 1.15 bits per heavy atom. The summed E-state index contributed by atoms with van der Waals surface area (Å²) in [4.78, 5) is 10.9. The van der Waals surface area contributed by atoms with Crippen LogP contribution in [-0.2, 0) is 28.9 Å². The van der Waals surface area contributed by atoms with Crippen molar-refractivity contribution >= 4 is 31.5 Å². The molecule has 0 saturated heterocycles. The summed E-state index contributed by atoms with van der Waals surface area (Å²) in [5.41, 5.74) is 0.476. The van der Waals surface area contributed by atoms with Gasteiger partial charge in [-0.05, 0) is 24.3 Å². The molecular weight excluding hydrogens is 306 g/mol. The summed E-state index contributed by atoms with van der Waals surface area (Å²) in [6, 6.07) is 5.57. The molecule has 0 bridgehead atoms. The number of carbonyl (C=O) groups excluding carboxylic acids is 1. The van der Waals surface area contributed by atoms with Crippen LogP contribution in [0.15, 0.2) is 29.2 Å². The molecule has 1 aromatic rings. The lowest BCUT2D eigenvalue weighted by Crippen LogP contribution is -2.15. The van der Waals surface area contributed by atoms with Crippen LogP contribution in [0.3, 0.4) is 0 Å². The van der Waals surface area contributed by atoms with Crippen molar-refractivity contribution in [3.8, 4) is 0 Å². The fraction of sp³-hybridized carbons (Fsp3) is 0.364. The van der Waals surface area contributed by atoms with Gasteiger partial charge < -0.3 is 5.32 Å². The Morgan fingerprint density at radius 2 is 1.70 bits per heavy atom. The quantitative estimate of drug-likeness (QED) is 0.760. The maximum Gasteiger partial charge on any atom is 0.264 e. The van der Waals surface area contributed by atoms with Crippen molar-refractivity contribution in [1.82, 2.24) is 0 Å². The van der Waals surface area contributed by atoms with Gasteiger partial charge in [0.1, 0.15) is 0 Å². The van der Waals surface area contributed by atoms with Crippen LogP contribution in [0.5, 0.6) is 0 Å². The first kappa shape index (κ1) is 16.6. The zero-order chi connectivity index (χ0) is 15.4. The molecule has 0 aliphatic heterocycles. The van der Waals surface area contributed by atoms with Crippen molar-refractivity contribution in [3.63, 3.8) is 0 Å². The average Bonchev–Trinajstić information content (AvgIpc) is 2.26. The van der Waals surface area contributed by atoms with Gasteiger partial charge in [0.05, 0.1) is 23.5 Å². The minimum Gasteiger partial charge on any atom is -0.326 e. The summed E-state index contributed by atoms with van der Waals surface area (Å²) < 4.78 is 49.7. The minimum atomic E-state index is -3.66. The van der Waals surface area contributed by atoms with Crippen LogP contribution < -0.4 is 5.32 Å². The van der Waals surface area contributed by atoms with E-state index >= 15 is 0 Å². The van der Waals surface area contributed by atoms with Gasteiger partial charge in [-0.1, -0.05) is 0 Å². The minimum absolute atomic E-state index is 0.0312. The average molecular weight is 321 g/mol. The molecule has 0 saturated carbocycles. The lowest BCUT2D eigenvalue weighted by Gasteiger charge is -2.06. The molecule has 0 aromatic heterocycles. The predicted molar refractivity (Wildman–Crippen MR) is 73.6 cm³/mol. The van der Waals surface area contributed by atoms with Gasteiger partial charge in [0.2, 0.25) is 5.91 Å². The molecule has 1 N–H and O–H groups in total. The molecule has 0 radical (unpaired) electrons. The summed E-state index contributed by atoms with van der Waals surface area (Å²) in [6.07, 6.45) is 0.849. The van der Waals surface area contributed by atoms with Gasteiger partial charge in [0.15, 0.2) is 9.84 Å². The van der Waals surface area contributed by atoms with E-state index < -0.39 is 32.3 Å². The van der Waals surface area contributed by atoms with Gasteiger partial charge in [-0.2, -0.15) is 8.42 Å². The van der Waals surface area contributed by atoms with E-state index in [0.717, 1.165) is 6.26 Å². The number of anilines is 1. The number of amides is 1. The number of rotatable bonds is 6. The highest BCUT2D eigenvalue weighted by Crippen LogP contribution is 2.15. The van der Waals surface area contributed by atoms with Crippen molar-refractivity contribution in [1.29, 1.82) is 0 Å². The van der Waals surface area contributed by atoms with Gasteiger partial charge in [0.25, 0.3) is 10.1 Å². The molecule has 0 unspecified atom stereocenters. The van der Waals surface area contributed by atoms with Crippen LogP contribution in [0.1, 0.15) is 6.92 Å². The number of nitrogens with one attached hydrogen (secondary N) is 1. The molecule has 0 aliphatic carbocycles. The fourth-order valence-electron chi connectivity index (χ4n) is 1.36. The van der Waals surface area contributed by atoms with Crippen LogP contribution in [0.4, 0.5) is 5.69 Å². The molecule has 1 rings (SSSR count). The van der Waals surface area contributed by atoms with Crippen LogP contribution in [0.25, 0.3) is 0 Å². The molecular formula is C11H15NO6S2.